The average molecular weight is 530 g/mol. The zero-order valence-corrected chi connectivity index (χ0v) is 23.4. The number of likely N-dealkylation sites (tertiary alicyclic amines) is 2. The van der Waals surface area contributed by atoms with E-state index >= 15 is 0 Å². The molecule has 0 aliphatic carbocycles. The van der Waals surface area contributed by atoms with Gasteiger partial charge in [0.1, 0.15) is 6.04 Å². The highest BCUT2D eigenvalue weighted by Gasteiger charge is 2.42. The fourth-order valence-electron chi connectivity index (χ4n) is 6.87. The molecule has 0 amide bonds. The molecular formula is C33H43N3O3. The molecule has 2 aliphatic rings. The highest BCUT2D eigenvalue weighted by Crippen LogP contribution is 2.37. The van der Waals surface area contributed by atoms with Crippen LogP contribution in [0.4, 0.5) is 0 Å². The smallest absolute Gasteiger partial charge is 0.321 e. The van der Waals surface area contributed by atoms with E-state index in [4.69, 9.17) is 0 Å². The van der Waals surface area contributed by atoms with Crippen molar-refractivity contribution >= 4 is 16.9 Å². The van der Waals surface area contributed by atoms with Gasteiger partial charge in [-0.2, -0.15) is 0 Å². The van der Waals surface area contributed by atoms with E-state index in [1.165, 1.54) is 16.5 Å². The molecule has 2 saturated heterocycles. The molecule has 0 spiro atoms. The third kappa shape index (κ3) is 6.68. The molecule has 6 heteroatoms. The molecule has 2 N–H and O–H groups in total. The van der Waals surface area contributed by atoms with E-state index < -0.39 is 17.6 Å². The number of rotatable bonds is 10. The Morgan fingerprint density at radius 1 is 1.05 bits per heavy atom. The minimum Gasteiger partial charge on any atom is -0.480 e. The number of para-hydroxylation sites is 1. The predicted octanol–water partition coefficient (Wildman–Crippen LogP) is 5.21. The van der Waals surface area contributed by atoms with E-state index in [9.17, 15) is 15.0 Å². The molecule has 39 heavy (non-hydrogen) atoms. The van der Waals surface area contributed by atoms with E-state index in [-0.39, 0.29) is 5.92 Å². The van der Waals surface area contributed by atoms with E-state index in [1.54, 1.807) is 0 Å². The van der Waals surface area contributed by atoms with Crippen molar-refractivity contribution < 1.29 is 15.0 Å². The number of carboxylic acid groups (broad SMARTS) is 1. The fraction of sp³-hybridized carbons (Fsp3) is 0.515. The van der Waals surface area contributed by atoms with Crippen LogP contribution in [-0.4, -0.2) is 75.3 Å². The summed E-state index contributed by atoms with van der Waals surface area (Å²) >= 11 is 0. The molecular weight excluding hydrogens is 486 g/mol. The number of piperidine rings is 1. The SMILES string of the molecule is CC(C)[C@H](C(=O)O)N1CC(CN2CCC(O)(CCCc3cnc4ccccc4c3)CC2)C(c2ccccc2)C1. The molecule has 3 heterocycles. The van der Waals surface area contributed by atoms with Crippen LogP contribution in [0.1, 0.15) is 56.6 Å². The van der Waals surface area contributed by atoms with Crippen molar-refractivity contribution in [3.63, 3.8) is 0 Å². The normalized spacial score (nSPS) is 22.9. The number of pyridine rings is 1. The van der Waals surface area contributed by atoms with Gasteiger partial charge in [0.15, 0.2) is 0 Å². The number of hydrogen-bond donors (Lipinski definition) is 2. The van der Waals surface area contributed by atoms with Crippen LogP contribution >= 0.6 is 0 Å². The van der Waals surface area contributed by atoms with Crippen LogP contribution in [0.3, 0.4) is 0 Å². The van der Waals surface area contributed by atoms with Gasteiger partial charge in [0.2, 0.25) is 0 Å². The van der Waals surface area contributed by atoms with E-state index in [0.717, 1.165) is 70.3 Å². The quantitative estimate of drug-likeness (QED) is 0.376. The number of aliphatic hydroxyl groups is 1. The van der Waals surface area contributed by atoms with E-state index in [1.807, 2.05) is 44.3 Å². The molecule has 6 nitrogen and oxygen atoms in total. The lowest BCUT2D eigenvalue weighted by Gasteiger charge is -2.40. The van der Waals surface area contributed by atoms with Gasteiger partial charge in [0, 0.05) is 50.2 Å². The maximum atomic E-state index is 12.1. The largest absolute Gasteiger partial charge is 0.480 e. The van der Waals surface area contributed by atoms with Gasteiger partial charge >= 0.3 is 5.97 Å². The summed E-state index contributed by atoms with van der Waals surface area (Å²) in [5, 5.41) is 22.5. The van der Waals surface area contributed by atoms with Gasteiger partial charge in [-0.25, -0.2) is 0 Å². The first-order chi connectivity index (χ1) is 18.8. The van der Waals surface area contributed by atoms with Gasteiger partial charge in [-0.05, 0) is 67.2 Å². The maximum Gasteiger partial charge on any atom is 0.321 e. The van der Waals surface area contributed by atoms with Crippen LogP contribution in [0.5, 0.6) is 0 Å². The number of benzene rings is 2. The highest BCUT2D eigenvalue weighted by atomic mass is 16.4. The first kappa shape index (κ1) is 27.8. The number of hydrogen-bond acceptors (Lipinski definition) is 5. The Labute approximate surface area is 232 Å². The van der Waals surface area contributed by atoms with Gasteiger partial charge < -0.3 is 15.1 Å². The number of nitrogens with zero attached hydrogens (tertiary/aromatic N) is 3. The topological polar surface area (TPSA) is 76.9 Å². The Bertz CT molecular complexity index is 1240. The van der Waals surface area contributed by atoms with Crippen LogP contribution < -0.4 is 0 Å². The number of carboxylic acids is 1. The summed E-state index contributed by atoms with van der Waals surface area (Å²) in [6.07, 6.45) is 6.25. The number of aliphatic carboxylic acids is 1. The van der Waals surface area contributed by atoms with E-state index in [0.29, 0.717) is 11.8 Å². The Morgan fingerprint density at radius 2 is 1.77 bits per heavy atom. The van der Waals surface area contributed by atoms with Gasteiger partial charge in [0.25, 0.3) is 0 Å². The summed E-state index contributed by atoms with van der Waals surface area (Å²) in [6.45, 7) is 8.31. The summed E-state index contributed by atoms with van der Waals surface area (Å²) in [5.41, 5.74) is 2.95. The molecule has 0 radical (unpaired) electrons. The predicted molar refractivity (Wildman–Crippen MR) is 156 cm³/mol. The average Bonchev–Trinajstić information content (AvgIpc) is 3.33. The van der Waals surface area contributed by atoms with Crippen molar-refractivity contribution in [3.05, 3.63) is 78.0 Å². The lowest BCUT2D eigenvalue weighted by Crippen LogP contribution is -2.47. The Kier molecular flexibility index (Phi) is 8.65. The zero-order valence-electron chi connectivity index (χ0n) is 23.4. The highest BCUT2D eigenvalue weighted by molar-refractivity contribution is 5.78. The molecule has 2 unspecified atom stereocenters. The van der Waals surface area contributed by atoms with Crippen molar-refractivity contribution in [2.24, 2.45) is 11.8 Å². The Morgan fingerprint density at radius 3 is 2.49 bits per heavy atom. The van der Waals surface area contributed by atoms with Crippen molar-refractivity contribution in [2.45, 2.75) is 63.5 Å². The summed E-state index contributed by atoms with van der Waals surface area (Å²) < 4.78 is 0. The van der Waals surface area contributed by atoms with Crippen molar-refractivity contribution in [1.82, 2.24) is 14.8 Å². The lowest BCUT2D eigenvalue weighted by molar-refractivity contribution is -0.144. The van der Waals surface area contributed by atoms with Gasteiger partial charge in [0.05, 0.1) is 11.1 Å². The van der Waals surface area contributed by atoms with Gasteiger partial charge in [-0.1, -0.05) is 62.4 Å². The lowest BCUT2D eigenvalue weighted by atomic mass is 9.84. The fourth-order valence-corrected chi connectivity index (χ4v) is 6.87. The second-order valence-corrected chi connectivity index (χ2v) is 12.2. The number of aryl methyl sites for hydroxylation is 1. The molecule has 0 bridgehead atoms. The monoisotopic (exact) mass is 529 g/mol. The molecule has 2 fully saturated rings. The molecule has 3 atom stereocenters. The van der Waals surface area contributed by atoms with Crippen molar-refractivity contribution in [1.29, 1.82) is 0 Å². The van der Waals surface area contributed by atoms with Crippen LogP contribution in [0, 0.1) is 11.8 Å². The molecule has 208 valence electrons. The summed E-state index contributed by atoms with van der Waals surface area (Å²) in [6, 6.07) is 20.6. The summed E-state index contributed by atoms with van der Waals surface area (Å²) in [7, 11) is 0. The van der Waals surface area contributed by atoms with Crippen LogP contribution in [0.25, 0.3) is 10.9 Å². The molecule has 0 saturated carbocycles. The molecule has 5 rings (SSSR count). The standard InChI is InChI=1S/C33H43N3O3/c1-24(2)31(32(37)38)36-22-28(29(23-36)26-10-4-3-5-11-26)21-35-17-15-33(39,16-18-35)14-8-9-25-19-27-12-6-7-13-30(27)34-20-25/h3-7,10-13,19-20,24,28-29,31,39H,8-9,14-18,21-23H2,1-2H3,(H,37,38)/t28?,29?,31-/m1/s1. The number of carbonyl (C=O) groups is 1. The Hall–Kier alpha value is -2.80. The first-order valence-electron chi connectivity index (χ1n) is 14.6. The van der Waals surface area contributed by atoms with E-state index in [2.05, 4.69) is 51.2 Å². The summed E-state index contributed by atoms with van der Waals surface area (Å²) in [4.78, 5) is 21.4. The van der Waals surface area contributed by atoms with Crippen LogP contribution in [0.15, 0.2) is 66.9 Å². The molecule has 3 aromatic rings. The van der Waals surface area contributed by atoms with Crippen LogP contribution in [0.2, 0.25) is 0 Å². The zero-order chi connectivity index (χ0) is 27.4. The second kappa shape index (κ2) is 12.2. The third-order valence-electron chi connectivity index (χ3n) is 9.01. The van der Waals surface area contributed by atoms with Crippen LogP contribution in [-0.2, 0) is 11.2 Å². The van der Waals surface area contributed by atoms with Gasteiger partial charge in [-0.3, -0.25) is 14.7 Å². The molecule has 1 aromatic heterocycles. The number of fused-ring (bicyclic) bond motifs is 1. The second-order valence-electron chi connectivity index (χ2n) is 12.2. The number of aromatic nitrogens is 1. The maximum absolute atomic E-state index is 12.1. The Balaban J connectivity index is 1.16. The minimum atomic E-state index is -0.722. The first-order valence-corrected chi connectivity index (χ1v) is 14.6. The van der Waals surface area contributed by atoms with Crippen molar-refractivity contribution in [2.75, 3.05) is 32.7 Å². The minimum absolute atomic E-state index is 0.0630. The van der Waals surface area contributed by atoms with Gasteiger partial charge in [-0.15, -0.1) is 0 Å². The third-order valence-corrected chi connectivity index (χ3v) is 9.01. The molecule has 2 aromatic carbocycles. The molecule has 2 aliphatic heterocycles. The van der Waals surface area contributed by atoms with Crippen molar-refractivity contribution in [3.8, 4) is 0 Å². The summed E-state index contributed by atoms with van der Waals surface area (Å²) in [5.74, 6) is 0.0378.